The molecule has 0 aromatic heterocycles. The third-order valence-corrected chi connectivity index (χ3v) is 3.52. The van der Waals surface area contributed by atoms with Crippen molar-refractivity contribution in [1.29, 1.82) is 0 Å². The van der Waals surface area contributed by atoms with Crippen molar-refractivity contribution in [2.24, 2.45) is 0 Å². The van der Waals surface area contributed by atoms with Gasteiger partial charge in [0.2, 0.25) is 0 Å². The Morgan fingerprint density at radius 1 is 1.64 bits per heavy atom. The molecule has 5 heteroatoms. The van der Waals surface area contributed by atoms with E-state index in [2.05, 4.69) is 0 Å². The maximum absolute atomic E-state index is 11.6. The first kappa shape index (κ1) is 11.5. The van der Waals surface area contributed by atoms with E-state index in [1.54, 1.807) is 25.1 Å². The molecule has 2 unspecified atom stereocenters. The predicted molar refractivity (Wildman–Crippen MR) is 58.8 cm³/mol. The van der Waals surface area contributed by atoms with Gasteiger partial charge >= 0.3 is 0 Å². The van der Waals surface area contributed by atoms with E-state index < -0.39 is 16.9 Å². The molecule has 3 nitrogen and oxygen atoms in total. The van der Waals surface area contributed by atoms with Gasteiger partial charge in [0.25, 0.3) is 0 Å². The minimum atomic E-state index is -1.22. The molecule has 0 aliphatic carbocycles. The van der Waals surface area contributed by atoms with Gasteiger partial charge in [-0.3, -0.25) is 4.21 Å². The zero-order chi connectivity index (χ0) is 10.7. The summed E-state index contributed by atoms with van der Waals surface area (Å²) in [5, 5.41) is 9.45. The second-order valence-corrected chi connectivity index (χ2v) is 4.95. The number of aliphatic hydroxyl groups is 1. The number of nitrogens with two attached hydrogens (primary N) is 1. The van der Waals surface area contributed by atoms with E-state index >= 15 is 0 Å². The second kappa shape index (κ2) is 4.77. The fourth-order valence-electron chi connectivity index (χ4n) is 0.965. The van der Waals surface area contributed by atoms with Crippen LogP contribution < -0.4 is 5.73 Å². The minimum Gasteiger partial charge on any atom is -0.398 e. The summed E-state index contributed by atoms with van der Waals surface area (Å²) in [5.41, 5.74) is 5.97. The lowest BCUT2D eigenvalue weighted by Gasteiger charge is -2.05. The zero-order valence-corrected chi connectivity index (χ0v) is 9.31. The van der Waals surface area contributed by atoms with Crippen molar-refractivity contribution in [3.05, 3.63) is 23.2 Å². The maximum atomic E-state index is 11.6. The van der Waals surface area contributed by atoms with Gasteiger partial charge in [-0.05, 0) is 25.1 Å². The molecule has 0 amide bonds. The molecule has 0 fully saturated rings. The van der Waals surface area contributed by atoms with E-state index in [1.165, 1.54) is 0 Å². The molecule has 0 radical (unpaired) electrons. The van der Waals surface area contributed by atoms with Crippen LogP contribution in [0, 0.1) is 0 Å². The van der Waals surface area contributed by atoms with Gasteiger partial charge in [-0.2, -0.15) is 0 Å². The lowest BCUT2D eigenvalue weighted by atomic mass is 10.3. The average molecular weight is 234 g/mol. The number of anilines is 1. The van der Waals surface area contributed by atoms with Gasteiger partial charge in [-0.25, -0.2) is 0 Å². The van der Waals surface area contributed by atoms with Gasteiger partial charge in [-0.1, -0.05) is 11.6 Å². The number of benzene rings is 1. The van der Waals surface area contributed by atoms with Gasteiger partial charge < -0.3 is 10.8 Å². The van der Waals surface area contributed by atoms with E-state index in [0.717, 1.165) is 0 Å². The average Bonchev–Trinajstić information content (AvgIpc) is 2.08. The van der Waals surface area contributed by atoms with Crippen molar-refractivity contribution in [3.8, 4) is 0 Å². The number of rotatable bonds is 3. The predicted octanol–water partition coefficient (Wildman–Crippen LogP) is 1.41. The Labute approximate surface area is 90.3 Å². The van der Waals surface area contributed by atoms with Crippen LogP contribution in [0.5, 0.6) is 0 Å². The van der Waals surface area contributed by atoms with Crippen molar-refractivity contribution in [2.45, 2.75) is 17.9 Å². The number of hydrogen-bond acceptors (Lipinski definition) is 3. The third kappa shape index (κ3) is 2.97. The van der Waals surface area contributed by atoms with Crippen LogP contribution in [-0.2, 0) is 10.8 Å². The molecular weight excluding hydrogens is 222 g/mol. The molecule has 0 saturated heterocycles. The molecular formula is C9H12ClNO2S. The smallest absolute Gasteiger partial charge is 0.0647 e. The Hall–Kier alpha value is -0.580. The van der Waals surface area contributed by atoms with Gasteiger partial charge in [-0.15, -0.1) is 0 Å². The molecule has 0 bridgehead atoms. The molecule has 78 valence electrons. The van der Waals surface area contributed by atoms with Gasteiger partial charge in [0.15, 0.2) is 0 Å². The van der Waals surface area contributed by atoms with Crippen LogP contribution in [0.4, 0.5) is 5.69 Å². The summed E-state index contributed by atoms with van der Waals surface area (Å²) in [7, 11) is -1.22. The lowest BCUT2D eigenvalue weighted by molar-refractivity contribution is 0.219. The number of hydrogen-bond donors (Lipinski definition) is 2. The van der Waals surface area contributed by atoms with Crippen LogP contribution in [0.25, 0.3) is 0 Å². The number of aliphatic hydroxyl groups excluding tert-OH is 1. The van der Waals surface area contributed by atoms with Crippen molar-refractivity contribution in [3.63, 3.8) is 0 Å². The molecule has 0 aliphatic rings. The molecule has 2 atom stereocenters. The zero-order valence-electron chi connectivity index (χ0n) is 7.74. The quantitative estimate of drug-likeness (QED) is 0.776. The highest BCUT2D eigenvalue weighted by Gasteiger charge is 2.08. The first-order chi connectivity index (χ1) is 6.50. The molecule has 1 aromatic rings. The number of halogens is 1. The van der Waals surface area contributed by atoms with Crippen molar-refractivity contribution in [2.75, 3.05) is 11.5 Å². The van der Waals surface area contributed by atoms with E-state index in [1.807, 2.05) is 0 Å². The van der Waals surface area contributed by atoms with Gasteiger partial charge in [0, 0.05) is 4.90 Å². The first-order valence-electron chi connectivity index (χ1n) is 4.12. The Balaban J connectivity index is 2.86. The summed E-state index contributed by atoms with van der Waals surface area (Å²) in [6.45, 7) is 1.59. The summed E-state index contributed by atoms with van der Waals surface area (Å²) in [6.07, 6.45) is -0.591. The monoisotopic (exact) mass is 233 g/mol. The largest absolute Gasteiger partial charge is 0.398 e. The first-order valence-corrected chi connectivity index (χ1v) is 5.82. The fraction of sp³-hybridized carbons (Fsp3) is 0.333. The van der Waals surface area contributed by atoms with E-state index in [0.29, 0.717) is 15.6 Å². The SMILES string of the molecule is CC(O)CS(=O)c1ccc(N)c(Cl)c1. The van der Waals surface area contributed by atoms with Crippen LogP contribution in [0.3, 0.4) is 0 Å². The summed E-state index contributed by atoms with van der Waals surface area (Å²) >= 11 is 5.77. The van der Waals surface area contributed by atoms with Crippen LogP contribution >= 0.6 is 11.6 Å². The van der Waals surface area contributed by atoms with Crippen LogP contribution in [-0.4, -0.2) is 21.2 Å². The maximum Gasteiger partial charge on any atom is 0.0647 e. The van der Waals surface area contributed by atoms with E-state index in [9.17, 15) is 4.21 Å². The van der Waals surface area contributed by atoms with Crippen molar-refractivity contribution >= 4 is 28.1 Å². The highest BCUT2D eigenvalue weighted by Crippen LogP contribution is 2.21. The standard InChI is InChI=1S/C9H12ClNO2S/c1-6(12)5-14(13)7-2-3-9(11)8(10)4-7/h2-4,6,12H,5,11H2,1H3. The molecule has 14 heavy (non-hydrogen) atoms. The van der Waals surface area contributed by atoms with E-state index in [-0.39, 0.29) is 5.75 Å². The fourth-order valence-corrected chi connectivity index (χ4v) is 2.31. The second-order valence-electron chi connectivity index (χ2n) is 3.04. The lowest BCUT2D eigenvalue weighted by Crippen LogP contribution is -2.12. The number of nitrogen functional groups attached to an aromatic ring is 1. The molecule has 0 heterocycles. The molecule has 0 spiro atoms. The van der Waals surface area contributed by atoms with Gasteiger partial charge in [0.05, 0.1) is 33.4 Å². The third-order valence-electron chi connectivity index (χ3n) is 1.63. The summed E-state index contributed by atoms with van der Waals surface area (Å²) in [5.74, 6) is 0.209. The Bertz CT molecular complexity index is 355. The van der Waals surface area contributed by atoms with Crippen LogP contribution in [0.15, 0.2) is 23.1 Å². The summed E-state index contributed by atoms with van der Waals surface area (Å²) < 4.78 is 11.6. The molecule has 0 aliphatic heterocycles. The molecule has 0 saturated carbocycles. The molecule has 3 N–H and O–H groups in total. The van der Waals surface area contributed by atoms with Crippen LogP contribution in [0.1, 0.15) is 6.92 Å². The van der Waals surface area contributed by atoms with Crippen molar-refractivity contribution < 1.29 is 9.32 Å². The molecule has 1 rings (SSSR count). The highest BCUT2D eigenvalue weighted by atomic mass is 35.5. The van der Waals surface area contributed by atoms with Crippen molar-refractivity contribution in [1.82, 2.24) is 0 Å². The summed E-state index contributed by atoms with van der Waals surface area (Å²) in [6, 6.07) is 4.83. The highest BCUT2D eigenvalue weighted by molar-refractivity contribution is 7.85. The Kier molecular flexibility index (Phi) is 3.92. The minimum absolute atomic E-state index is 0.209. The van der Waals surface area contributed by atoms with E-state index in [4.69, 9.17) is 22.4 Å². The summed E-state index contributed by atoms with van der Waals surface area (Å²) in [4.78, 5) is 0.588. The topological polar surface area (TPSA) is 63.3 Å². The van der Waals surface area contributed by atoms with Crippen LogP contribution in [0.2, 0.25) is 5.02 Å². The molecule has 1 aromatic carbocycles. The Morgan fingerprint density at radius 3 is 2.79 bits per heavy atom. The van der Waals surface area contributed by atoms with Gasteiger partial charge in [0.1, 0.15) is 0 Å². The normalized spacial score (nSPS) is 15.1. The Morgan fingerprint density at radius 2 is 2.29 bits per heavy atom.